The molecule has 1 aliphatic carbocycles. The summed E-state index contributed by atoms with van der Waals surface area (Å²) in [5, 5.41) is 12.2. The molecular weight excluding hydrogens is 260 g/mol. The number of halogens is 2. The molecule has 1 aromatic carbocycles. The van der Waals surface area contributed by atoms with Gasteiger partial charge in [-0.1, -0.05) is 0 Å². The van der Waals surface area contributed by atoms with Gasteiger partial charge in [0.1, 0.15) is 11.9 Å². The molecule has 1 aliphatic rings. The maximum Gasteiger partial charge on any atom is 0.159 e. The largest absolute Gasteiger partial charge is 0.366 e. The number of benzene rings is 1. The number of anilines is 1. The Morgan fingerprint density at radius 1 is 1.15 bits per heavy atom. The molecule has 0 saturated heterocycles. The van der Waals surface area contributed by atoms with Crippen molar-refractivity contribution in [1.29, 1.82) is 5.26 Å². The van der Waals surface area contributed by atoms with Crippen molar-refractivity contribution >= 4 is 5.82 Å². The third kappa shape index (κ3) is 2.45. The van der Waals surface area contributed by atoms with Crippen molar-refractivity contribution in [2.45, 2.75) is 18.9 Å². The van der Waals surface area contributed by atoms with Crippen LogP contribution in [0.2, 0.25) is 0 Å². The fourth-order valence-corrected chi connectivity index (χ4v) is 1.90. The summed E-state index contributed by atoms with van der Waals surface area (Å²) in [5.41, 5.74) is 1.43. The Bertz CT molecular complexity index is 703. The highest BCUT2D eigenvalue weighted by Gasteiger charge is 2.23. The molecule has 0 atom stereocenters. The van der Waals surface area contributed by atoms with Crippen molar-refractivity contribution < 1.29 is 8.78 Å². The van der Waals surface area contributed by atoms with Crippen molar-refractivity contribution in [3.05, 3.63) is 47.5 Å². The molecule has 1 aromatic heterocycles. The lowest BCUT2D eigenvalue weighted by Crippen LogP contribution is -2.05. The normalized spacial score (nSPS) is 13.8. The standard InChI is InChI=1S/C15H11F2N3/c16-12-5-1-9(7-13(12)17)14-6-2-10(8-18)15(20-14)19-11-3-4-11/h1-2,5-7,11H,3-4H2,(H,19,20). The van der Waals surface area contributed by atoms with Crippen LogP contribution >= 0.6 is 0 Å². The molecule has 2 aromatic rings. The summed E-state index contributed by atoms with van der Waals surface area (Å²) in [6.45, 7) is 0. The Morgan fingerprint density at radius 2 is 1.95 bits per heavy atom. The number of aromatic nitrogens is 1. The molecule has 0 unspecified atom stereocenters. The molecular formula is C15H11F2N3. The van der Waals surface area contributed by atoms with E-state index in [0.717, 1.165) is 25.0 Å². The summed E-state index contributed by atoms with van der Waals surface area (Å²) < 4.78 is 26.2. The number of nitriles is 1. The van der Waals surface area contributed by atoms with Crippen LogP contribution in [0.3, 0.4) is 0 Å². The predicted molar refractivity (Wildman–Crippen MR) is 70.9 cm³/mol. The zero-order valence-electron chi connectivity index (χ0n) is 10.5. The fourth-order valence-electron chi connectivity index (χ4n) is 1.90. The van der Waals surface area contributed by atoms with E-state index in [0.29, 0.717) is 28.7 Å². The molecule has 3 nitrogen and oxygen atoms in total. The van der Waals surface area contributed by atoms with Crippen molar-refractivity contribution in [3.63, 3.8) is 0 Å². The maximum absolute atomic E-state index is 13.3. The quantitative estimate of drug-likeness (QED) is 0.929. The van der Waals surface area contributed by atoms with Crippen LogP contribution < -0.4 is 5.32 Å². The van der Waals surface area contributed by atoms with Crippen LogP contribution in [0.15, 0.2) is 30.3 Å². The van der Waals surface area contributed by atoms with E-state index in [4.69, 9.17) is 5.26 Å². The maximum atomic E-state index is 13.3. The van der Waals surface area contributed by atoms with E-state index in [1.807, 2.05) is 0 Å². The Balaban J connectivity index is 2.00. The highest BCUT2D eigenvalue weighted by molar-refractivity contribution is 5.65. The molecule has 3 rings (SSSR count). The van der Waals surface area contributed by atoms with Crippen LogP contribution in [0.25, 0.3) is 11.3 Å². The summed E-state index contributed by atoms with van der Waals surface area (Å²) in [6, 6.07) is 9.32. The molecule has 20 heavy (non-hydrogen) atoms. The fraction of sp³-hybridized carbons (Fsp3) is 0.200. The first-order chi connectivity index (χ1) is 9.67. The zero-order chi connectivity index (χ0) is 14.1. The van der Waals surface area contributed by atoms with E-state index in [-0.39, 0.29) is 0 Å². The van der Waals surface area contributed by atoms with Crippen molar-refractivity contribution in [3.8, 4) is 17.3 Å². The molecule has 0 aliphatic heterocycles. The van der Waals surface area contributed by atoms with E-state index in [1.165, 1.54) is 6.07 Å². The third-order valence-electron chi connectivity index (χ3n) is 3.15. The molecule has 0 spiro atoms. The third-order valence-corrected chi connectivity index (χ3v) is 3.15. The number of rotatable bonds is 3. The highest BCUT2D eigenvalue weighted by Crippen LogP contribution is 2.28. The lowest BCUT2D eigenvalue weighted by molar-refractivity contribution is 0.509. The van der Waals surface area contributed by atoms with Gasteiger partial charge in [-0.15, -0.1) is 0 Å². The summed E-state index contributed by atoms with van der Waals surface area (Å²) in [7, 11) is 0. The van der Waals surface area contributed by atoms with Gasteiger partial charge in [0.05, 0.1) is 11.3 Å². The second kappa shape index (κ2) is 4.89. The van der Waals surface area contributed by atoms with E-state index in [1.54, 1.807) is 12.1 Å². The SMILES string of the molecule is N#Cc1ccc(-c2ccc(F)c(F)c2)nc1NC1CC1. The molecule has 0 bridgehead atoms. The Morgan fingerprint density at radius 3 is 2.60 bits per heavy atom. The topological polar surface area (TPSA) is 48.7 Å². The first-order valence-electron chi connectivity index (χ1n) is 6.30. The summed E-state index contributed by atoms with van der Waals surface area (Å²) in [5.74, 6) is -1.30. The zero-order valence-corrected chi connectivity index (χ0v) is 10.5. The number of pyridine rings is 1. The Hall–Kier alpha value is -2.48. The second-order valence-corrected chi connectivity index (χ2v) is 4.75. The van der Waals surface area contributed by atoms with Gasteiger partial charge in [0.15, 0.2) is 11.6 Å². The minimum Gasteiger partial charge on any atom is -0.366 e. The highest BCUT2D eigenvalue weighted by atomic mass is 19.2. The number of hydrogen-bond donors (Lipinski definition) is 1. The van der Waals surface area contributed by atoms with Crippen LogP contribution in [0.5, 0.6) is 0 Å². The van der Waals surface area contributed by atoms with Gasteiger partial charge in [0.2, 0.25) is 0 Å². The minimum atomic E-state index is -0.912. The smallest absolute Gasteiger partial charge is 0.159 e. The van der Waals surface area contributed by atoms with Gasteiger partial charge in [-0.25, -0.2) is 13.8 Å². The van der Waals surface area contributed by atoms with Gasteiger partial charge in [-0.2, -0.15) is 5.26 Å². The van der Waals surface area contributed by atoms with Crippen LogP contribution in [0.1, 0.15) is 18.4 Å². The predicted octanol–water partition coefficient (Wildman–Crippen LogP) is 3.47. The van der Waals surface area contributed by atoms with Crippen molar-refractivity contribution in [2.24, 2.45) is 0 Å². The van der Waals surface area contributed by atoms with Gasteiger partial charge in [0.25, 0.3) is 0 Å². The molecule has 1 heterocycles. The second-order valence-electron chi connectivity index (χ2n) is 4.75. The molecule has 1 fully saturated rings. The van der Waals surface area contributed by atoms with E-state index in [2.05, 4.69) is 16.4 Å². The summed E-state index contributed by atoms with van der Waals surface area (Å²) in [4.78, 5) is 4.34. The molecule has 0 radical (unpaired) electrons. The number of hydrogen-bond acceptors (Lipinski definition) is 3. The van der Waals surface area contributed by atoms with E-state index in [9.17, 15) is 8.78 Å². The lowest BCUT2D eigenvalue weighted by atomic mass is 10.1. The van der Waals surface area contributed by atoms with E-state index < -0.39 is 11.6 Å². The average Bonchev–Trinajstić information content (AvgIpc) is 3.26. The van der Waals surface area contributed by atoms with Gasteiger partial charge >= 0.3 is 0 Å². The summed E-state index contributed by atoms with van der Waals surface area (Å²) >= 11 is 0. The van der Waals surface area contributed by atoms with Gasteiger partial charge in [-0.3, -0.25) is 0 Å². The van der Waals surface area contributed by atoms with Gasteiger partial charge in [-0.05, 0) is 43.2 Å². The van der Waals surface area contributed by atoms with Crippen LogP contribution in [0.4, 0.5) is 14.6 Å². The first kappa shape index (κ1) is 12.5. The molecule has 0 amide bonds. The monoisotopic (exact) mass is 271 g/mol. The van der Waals surface area contributed by atoms with Crippen LogP contribution in [-0.2, 0) is 0 Å². The molecule has 1 saturated carbocycles. The molecule has 100 valence electrons. The van der Waals surface area contributed by atoms with Crippen molar-refractivity contribution in [2.75, 3.05) is 5.32 Å². The van der Waals surface area contributed by atoms with Gasteiger partial charge in [0, 0.05) is 11.6 Å². The molecule has 1 N–H and O–H groups in total. The van der Waals surface area contributed by atoms with Crippen LogP contribution in [-0.4, -0.2) is 11.0 Å². The van der Waals surface area contributed by atoms with Crippen LogP contribution in [0, 0.1) is 23.0 Å². The average molecular weight is 271 g/mol. The van der Waals surface area contributed by atoms with Crippen molar-refractivity contribution in [1.82, 2.24) is 4.98 Å². The minimum absolute atomic E-state index is 0.356. The first-order valence-corrected chi connectivity index (χ1v) is 6.30. The number of nitrogens with one attached hydrogen (secondary N) is 1. The lowest BCUT2D eigenvalue weighted by Gasteiger charge is -2.08. The Kier molecular flexibility index (Phi) is 3.07. The Labute approximate surface area is 114 Å². The van der Waals surface area contributed by atoms with Gasteiger partial charge < -0.3 is 5.32 Å². The summed E-state index contributed by atoms with van der Waals surface area (Å²) in [6.07, 6.45) is 2.11. The number of nitrogens with zero attached hydrogens (tertiary/aromatic N) is 2. The molecule has 5 heteroatoms. The van der Waals surface area contributed by atoms with E-state index >= 15 is 0 Å².